The number of thiophene rings is 1. The summed E-state index contributed by atoms with van der Waals surface area (Å²) < 4.78 is 0. The highest BCUT2D eigenvalue weighted by atomic mass is 32.1. The molecule has 2 rings (SSSR count). The van der Waals surface area contributed by atoms with Crippen LogP contribution in [0.3, 0.4) is 0 Å². The third kappa shape index (κ3) is 3.11. The first kappa shape index (κ1) is 15.2. The molecule has 0 saturated heterocycles. The van der Waals surface area contributed by atoms with Crippen molar-refractivity contribution in [1.82, 2.24) is 4.90 Å². The number of carbonyl (C=O) groups excluding carboxylic acids is 2. The highest BCUT2D eigenvalue weighted by Gasteiger charge is 2.38. The predicted octanol–water partition coefficient (Wildman–Crippen LogP) is 4.48. The highest BCUT2D eigenvalue weighted by Crippen LogP contribution is 2.29. The maximum atomic E-state index is 12.2. The molecule has 2 heterocycles. The first-order valence-corrected chi connectivity index (χ1v) is 8.55. The largest absolute Gasteiger partial charge is 0.271 e. The van der Waals surface area contributed by atoms with Gasteiger partial charge in [0.25, 0.3) is 11.8 Å². The summed E-state index contributed by atoms with van der Waals surface area (Å²) in [6.07, 6.45) is 8.32. The van der Waals surface area contributed by atoms with Gasteiger partial charge in [0.2, 0.25) is 0 Å². The smallest absolute Gasteiger partial charge is 0.262 e. The van der Waals surface area contributed by atoms with E-state index in [1.165, 1.54) is 48.3 Å². The van der Waals surface area contributed by atoms with Gasteiger partial charge in [-0.25, -0.2) is 0 Å². The summed E-state index contributed by atoms with van der Waals surface area (Å²) in [4.78, 5) is 25.8. The summed E-state index contributed by atoms with van der Waals surface area (Å²) in [5.74, 6) is -0.213. The Morgan fingerprint density at radius 1 is 1.00 bits per heavy atom. The Morgan fingerprint density at radius 3 is 2.15 bits per heavy atom. The molecule has 20 heavy (non-hydrogen) atoms. The minimum atomic E-state index is -0.107. The molecule has 0 aliphatic carbocycles. The van der Waals surface area contributed by atoms with Gasteiger partial charge in [0.05, 0.1) is 11.1 Å². The van der Waals surface area contributed by atoms with Crippen molar-refractivity contribution in [2.45, 2.75) is 64.8 Å². The van der Waals surface area contributed by atoms with Crippen LogP contribution in [0.25, 0.3) is 0 Å². The molecule has 3 nitrogen and oxygen atoms in total. The number of hydrogen-bond acceptors (Lipinski definition) is 3. The fourth-order valence-electron chi connectivity index (χ4n) is 2.73. The zero-order chi connectivity index (χ0) is 14.5. The quantitative estimate of drug-likeness (QED) is 0.523. The van der Waals surface area contributed by atoms with Crippen LogP contribution in [0, 0.1) is 0 Å². The number of imide groups is 1. The Balaban J connectivity index is 1.79. The fourth-order valence-corrected chi connectivity index (χ4v) is 3.53. The SMILES string of the molecule is CCCCCCCCC(C)N1C(=O)c2cscc2C1=O. The molecule has 0 N–H and O–H groups in total. The molecule has 1 aromatic rings. The zero-order valence-electron chi connectivity index (χ0n) is 12.4. The van der Waals surface area contributed by atoms with Crippen molar-refractivity contribution in [1.29, 1.82) is 0 Å². The fraction of sp³-hybridized carbons (Fsp3) is 0.625. The van der Waals surface area contributed by atoms with Gasteiger partial charge in [0, 0.05) is 16.8 Å². The van der Waals surface area contributed by atoms with Crippen molar-refractivity contribution in [2.75, 3.05) is 0 Å². The van der Waals surface area contributed by atoms with Gasteiger partial charge in [-0.3, -0.25) is 14.5 Å². The van der Waals surface area contributed by atoms with E-state index in [9.17, 15) is 9.59 Å². The van der Waals surface area contributed by atoms with Crippen LogP contribution in [0.1, 0.15) is 79.5 Å². The summed E-state index contributed by atoms with van der Waals surface area (Å²) in [6.45, 7) is 4.20. The first-order valence-electron chi connectivity index (χ1n) is 7.61. The lowest BCUT2D eigenvalue weighted by atomic mass is 10.1. The van der Waals surface area contributed by atoms with Crippen LogP contribution >= 0.6 is 11.3 Å². The van der Waals surface area contributed by atoms with Crippen molar-refractivity contribution in [3.05, 3.63) is 21.9 Å². The summed E-state index contributed by atoms with van der Waals surface area (Å²) in [5, 5.41) is 3.57. The normalized spacial score (nSPS) is 15.8. The molecule has 1 aliphatic heterocycles. The Bertz CT molecular complexity index is 450. The van der Waals surface area contributed by atoms with Crippen molar-refractivity contribution in [2.24, 2.45) is 0 Å². The van der Waals surface area contributed by atoms with Gasteiger partial charge in [0.1, 0.15) is 0 Å². The molecule has 0 spiro atoms. The molecule has 0 radical (unpaired) electrons. The van der Waals surface area contributed by atoms with E-state index in [1.807, 2.05) is 6.92 Å². The lowest BCUT2D eigenvalue weighted by Crippen LogP contribution is -2.38. The Morgan fingerprint density at radius 2 is 1.55 bits per heavy atom. The molecular formula is C16H23NO2S. The molecule has 2 amide bonds. The van der Waals surface area contributed by atoms with E-state index in [2.05, 4.69) is 6.92 Å². The molecule has 0 aromatic carbocycles. The van der Waals surface area contributed by atoms with Crippen LogP contribution in [-0.2, 0) is 0 Å². The van der Waals surface area contributed by atoms with Gasteiger partial charge in [-0.05, 0) is 13.3 Å². The van der Waals surface area contributed by atoms with Crippen LogP contribution in [0.2, 0.25) is 0 Å². The lowest BCUT2D eigenvalue weighted by Gasteiger charge is -2.22. The topological polar surface area (TPSA) is 37.4 Å². The zero-order valence-corrected chi connectivity index (χ0v) is 13.2. The number of unbranched alkanes of at least 4 members (excludes halogenated alkanes) is 5. The number of rotatable bonds is 8. The molecular weight excluding hydrogens is 270 g/mol. The van der Waals surface area contributed by atoms with E-state index in [4.69, 9.17) is 0 Å². The van der Waals surface area contributed by atoms with Crippen molar-refractivity contribution >= 4 is 23.2 Å². The molecule has 0 fully saturated rings. The number of nitrogens with zero attached hydrogens (tertiary/aromatic N) is 1. The average molecular weight is 293 g/mol. The molecule has 4 heteroatoms. The van der Waals surface area contributed by atoms with Gasteiger partial charge in [-0.15, -0.1) is 0 Å². The van der Waals surface area contributed by atoms with Gasteiger partial charge >= 0.3 is 0 Å². The van der Waals surface area contributed by atoms with Crippen LogP contribution < -0.4 is 0 Å². The number of fused-ring (bicyclic) bond motifs is 1. The first-order chi connectivity index (χ1) is 9.66. The average Bonchev–Trinajstić information content (AvgIpc) is 2.99. The number of hydrogen-bond donors (Lipinski definition) is 0. The van der Waals surface area contributed by atoms with Crippen molar-refractivity contribution < 1.29 is 9.59 Å². The minimum Gasteiger partial charge on any atom is -0.271 e. The van der Waals surface area contributed by atoms with E-state index in [1.54, 1.807) is 10.8 Å². The third-order valence-electron chi connectivity index (χ3n) is 3.98. The number of carbonyl (C=O) groups is 2. The molecule has 0 bridgehead atoms. The second-order valence-corrected chi connectivity index (χ2v) is 6.33. The molecule has 110 valence electrons. The van der Waals surface area contributed by atoms with Crippen LogP contribution in [0.4, 0.5) is 0 Å². The van der Waals surface area contributed by atoms with E-state index in [0.29, 0.717) is 11.1 Å². The van der Waals surface area contributed by atoms with Gasteiger partial charge in [-0.1, -0.05) is 45.4 Å². The monoisotopic (exact) mass is 293 g/mol. The second-order valence-electron chi connectivity index (χ2n) is 5.58. The predicted molar refractivity (Wildman–Crippen MR) is 82.3 cm³/mol. The van der Waals surface area contributed by atoms with Crippen LogP contribution in [0.5, 0.6) is 0 Å². The highest BCUT2D eigenvalue weighted by molar-refractivity contribution is 7.08. The third-order valence-corrected chi connectivity index (χ3v) is 4.72. The summed E-state index contributed by atoms with van der Waals surface area (Å²) >= 11 is 1.42. The summed E-state index contributed by atoms with van der Waals surface area (Å²) in [5.41, 5.74) is 1.18. The summed E-state index contributed by atoms with van der Waals surface area (Å²) in [6, 6.07) is 0.0126. The minimum absolute atomic E-state index is 0.0126. The lowest BCUT2D eigenvalue weighted by molar-refractivity contribution is 0.0588. The van der Waals surface area contributed by atoms with E-state index >= 15 is 0 Å². The molecule has 0 saturated carbocycles. The molecule has 1 atom stereocenters. The van der Waals surface area contributed by atoms with Crippen molar-refractivity contribution in [3.8, 4) is 0 Å². The molecule has 1 aromatic heterocycles. The van der Waals surface area contributed by atoms with E-state index in [-0.39, 0.29) is 17.9 Å². The molecule has 1 aliphatic rings. The molecule has 1 unspecified atom stereocenters. The maximum Gasteiger partial charge on any atom is 0.262 e. The van der Waals surface area contributed by atoms with Crippen molar-refractivity contribution in [3.63, 3.8) is 0 Å². The Hall–Kier alpha value is -1.16. The van der Waals surface area contributed by atoms with Gasteiger partial charge in [0.15, 0.2) is 0 Å². The van der Waals surface area contributed by atoms with Crippen LogP contribution in [0.15, 0.2) is 10.8 Å². The standard InChI is InChI=1S/C16H23NO2S/c1-3-4-5-6-7-8-9-12(2)17-15(18)13-10-20-11-14(13)16(17)19/h10-12H,3-9H2,1-2H3. The second kappa shape index (κ2) is 7.02. The van der Waals surface area contributed by atoms with Gasteiger partial charge < -0.3 is 0 Å². The van der Waals surface area contributed by atoms with E-state index in [0.717, 1.165) is 12.8 Å². The summed E-state index contributed by atoms with van der Waals surface area (Å²) in [7, 11) is 0. The van der Waals surface area contributed by atoms with E-state index < -0.39 is 0 Å². The number of amides is 2. The van der Waals surface area contributed by atoms with Crippen LogP contribution in [-0.4, -0.2) is 22.8 Å². The Labute approximate surface area is 125 Å². The maximum absolute atomic E-state index is 12.2. The Kier molecular flexibility index (Phi) is 5.35. The van der Waals surface area contributed by atoms with Gasteiger partial charge in [-0.2, -0.15) is 11.3 Å².